The van der Waals surface area contributed by atoms with Crippen LogP contribution in [-0.2, 0) is 4.74 Å². The fraction of sp³-hybridized carbons (Fsp3) is 0.762. The largest absolute Gasteiger partial charge is 0.381 e. The molecular formula is C21H36N4OS2. The van der Waals surface area contributed by atoms with Crippen LogP contribution in [0.4, 0.5) is 0 Å². The zero-order valence-corrected chi connectivity index (χ0v) is 19.2. The van der Waals surface area contributed by atoms with E-state index in [1.54, 1.807) is 0 Å². The van der Waals surface area contributed by atoms with E-state index >= 15 is 0 Å². The lowest BCUT2D eigenvalue weighted by Gasteiger charge is -2.39. The van der Waals surface area contributed by atoms with Gasteiger partial charge in [-0.05, 0) is 69.8 Å². The number of thioether (sulfide) groups is 1. The maximum atomic E-state index is 5.57. The lowest BCUT2D eigenvalue weighted by molar-refractivity contribution is 0.0794. The maximum absolute atomic E-state index is 5.57. The third-order valence-electron chi connectivity index (χ3n) is 6.08. The fourth-order valence-corrected chi connectivity index (χ4v) is 6.10. The van der Waals surface area contributed by atoms with Gasteiger partial charge >= 0.3 is 0 Å². The van der Waals surface area contributed by atoms with Gasteiger partial charge in [0.15, 0.2) is 5.96 Å². The van der Waals surface area contributed by atoms with Gasteiger partial charge in [-0.1, -0.05) is 6.07 Å². The summed E-state index contributed by atoms with van der Waals surface area (Å²) in [7, 11) is 2.27. The number of aliphatic imine (C=N–C) groups is 1. The number of guanidine groups is 1. The number of ether oxygens (including phenoxy) is 1. The molecule has 0 radical (unpaired) electrons. The van der Waals surface area contributed by atoms with Crippen molar-refractivity contribution in [3.63, 3.8) is 0 Å². The average molecular weight is 425 g/mol. The maximum Gasteiger partial charge on any atom is 0.191 e. The molecule has 2 aliphatic heterocycles. The predicted molar refractivity (Wildman–Crippen MR) is 123 cm³/mol. The Morgan fingerprint density at radius 1 is 1.39 bits per heavy atom. The highest BCUT2D eigenvalue weighted by atomic mass is 32.2. The number of nitrogens with one attached hydrogen (secondary N) is 2. The summed E-state index contributed by atoms with van der Waals surface area (Å²) in [5, 5.41) is 9.31. The van der Waals surface area contributed by atoms with Gasteiger partial charge in [0.1, 0.15) is 0 Å². The van der Waals surface area contributed by atoms with Crippen LogP contribution in [0.2, 0.25) is 0 Å². The van der Waals surface area contributed by atoms with Crippen molar-refractivity contribution >= 4 is 29.1 Å². The summed E-state index contributed by atoms with van der Waals surface area (Å²) >= 11 is 3.83. The number of thiophene rings is 1. The molecule has 0 saturated carbocycles. The minimum Gasteiger partial charge on any atom is -0.381 e. The molecule has 0 aromatic carbocycles. The van der Waals surface area contributed by atoms with Crippen molar-refractivity contribution in [2.45, 2.75) is 43.4 Å². The molecule has 28 heavy (non-hydrogen) atoms. The first-order valence-corrected chi connectivity index (χ1v) is 12.7. The number of hydrogen-bond donors (Lipinski definition) is 2. The molecular weight excluding hydrogens is 388 g/mol. The van der Waals surface area contributed by atoms with E-state index in [2.05, 4.69) is 53.3 Å². The quantitative estimate of drug-likeness (QED) is 0.517. The van der Waals surface area contributed by atoms with Gasteiger partial charge in [0.25, 0.3) is 0 Å². The third-order valence-corrected chi connectivity index (χ3v) is 8.43. The van der Waals surface area contributed by atoms with Crippen molar-refractivity contribution in [2.75, 3.05) is 52.7 Å². The molecule has 158 valence electrons. The summed E-state index contributed by atoms with van der Waals surface area (Å²) in [5.74, 6) is 1.57. The number of likely N-dealkylation sites (tertiary alicyclic amines) is 1. The summed E-state index contributed by atoms with van der Waals surface area (Å²) in [6.07, 6.45) is 6.93. The third kappa shape index (κ3) is 5.65. The summed E-state index contributed by atoms with van der Waals surface area (Å²) < 4.78 is 5.80. The lowest BCUT2D eigenvalue weighted by Crippen LogP contribution is -2.45. The number of nitrogens with zero attached hydrogens (tertiary/aromatic N) is 2. The Kier molecular flexibility index (Phi) is 8.51. The fourth-order valence-electron chi connectivity index (χ4n) is 4.35. The minimum atomic E-state index is 0.227. The molecule has 0 aliphatic carbocycles. The van der Waals surface area contributed by atoms with Crippen molar-refractivity contribution in [3.05, 3.63) is 22.4 Å². The van der Waals surface area contributed by atoms with Gasteiger partial charge in [-0.3, -0.25) is 9.89 Å². The smallest absolute Gasteiger partial charge is 0.191 e. The van der Waals surface area contributed by atoms with E-state index in [0.717, 1.165) is 51.6 Å². The van der Waals surface area contributed by atoms with E-state index in [1.165, 1.54) is 24.3 Å². The Labute approximate surface area is 178 Å². The summed E-state index contributed by atoms with van der Waals surface area (Å²) in [6, 6.07) is 4.97. The molecule has 2 saturated heterocycles. The Hall–Kier alpha value is -0.760. The highest BCUT2D eigenvalue weighted by molar-refractivity contribution is 8.00. The van der Waals surface area contributed by atoms with Gasteiger partial charge in [0.05, 0.1) is 6.54 Å². The van der Waals surface area contributed by atoms with E-state index < -0.39 is 0 Å². The standard InChI is InChI=1S/C21H36N4OS2/c1-4-22-20(24-16-21(27-3)9-12-26-13-10-21)23-15-17-7-5-11-25(2)19(17)18-8-6-14-28-18/h6,8,14,17,19H,4-5,7,9-13,15-16H2,1-3H3,(H2,22,23,24). The zero-order valence-electron chi connectivity index (χ0n) is 17.6. The van der Waals surface area contributed by atoms with E-state index in [9.17, 15) is 0 Å². The average Bonchev–Trinajstić information content (AvgIpc) is 3.25. The number of hydrogen-bond acceptors (Lipinski definition) is 5. The van der Waals surface area contributed by atoms with Crippen LogP contribution < -0.4 is 10.6 Å². The Bertz CT molecular complexity index is 602. The van der Waals surface area contributed by atoms with Gasteiger partial charge in [0.2, 0.25) is 0 Å². The molecule has 0 amide bonds. The van der Waals surface area contributed by atoms with E-state index in [4.69, 9.17) is 9.73 Å². The summed E-state index contributed by atoms with van der Waals surface area (Å²) in [6.45, 7) is 7.75. The highest BCUT2D eigenvalue weighted by Crippen LogP contribution is 2.37. The first kappa shape index (κ1) is 21.9. The van der Waals surface area contributed by atoms with Gasteiger partial charge < -0.3 is 15.4 Å². The molecule has 2 unspecified atom stereocenters. The first-order valence-electron chi connectivity index (χ1n) is 10.6. The molecule has 2 aliphatic rings. The number of rotatable bonds is 7. The molecule has 3 rings (SSSR count). The van der Waals surface area contributed by atoms with Crippen molar-refractivity contribution in [1.82, 2.24) is 15.5 Å². The van der Waals surface area contributed by atoms with Crippen LogP contribution in [0.15, 0.2) is 22.5 Å². The Balaban J connectivity index is 1.63. The first-order chi connectivity index (χ1) is 13.7. The molecule has 7 heteroatoms. The monoisotopic (exact) mass is 424 g/mol. The zero-order chi connectivity index (χ0) is 19.8. The van der Waals surface area contributed by atoms with Crippen LogP contribution in [0.5, 0.6) is 0 Å². The van der Waals surface area contributed by atoms with Crippen LogP contribution in [0.1, 0.15) is 43.5 Å². The van der Waals surface area contributed by atoms with Gasteiger partial charge in [-0.25, -0.2) is 0 Å². The second-order valence-electron chi connectivity index (χ2n) is 7.92. The highest BCUT2D eigenvalue weighted by Gasteiger charge is 2.33. The molecule has 2 atom stereocenters. The SMILES string of the molecule is CCNC(=NCC1(SC)CCOCC1)NCC1CCCN(C)C1c1cccs1. The van der Waals surface area contributed by atoms with Crippen LogP contribution in [-0.4, -0.2) is 68.3 Å². The molecule has 2 N–H and O–H groups in total. The second-order valence-corrected chi connectivity index (χ2v) is 10.2. The second kappa shape index (κ2) is 10.9. The topological polar surface area (TPSA) is 48.9 Å². The molecule has 1 aromatic rings. The van der Waals surface area contributed by atoms with Crippen molar-refractivity contribution in [2.24, 2.45) is 10.9 Å². The van der Waals surface area contributed by atoms with Gasteiger partial charge in [-0.15, -0.1) is 11.3 Å². The Morgan fingerprint density at radius 3 is 2.89 bits per heavy atom. The van der Waals surface area contributed by atoms with Gasteiger partial charge in [-0.2, -0.15) is 11.8 Å². The van der Waals surface area contributed by atoms with E-state index in [0.29, 0.717) is 12.0 Å². The molecule has 0 spiro atoms. The van der Waals surface area contributed by atoms with Crippen LogP contribution in [0.25, 0.3) is 0 Å². The molecule has 3 heterocycles. The molecule has 5 nitrogen and oxygen atoms in total. The normalized spacial score (nSPS) is 26.2. The van der Waals surface area contributed by atoms with Crippen LogP contribution >= 0.6 is 23.1 Å². The Morgan fingerprint density at radius 2 is 2.21 bits per heavy atom. The van der Waals surface area contributed by atoms with Crippen LogP contribution in [0.3, 0.4) is 0 Å². The van der Waals surface area contributed by atoms with Crippen molar-refractivity contribution in [1.29, 1.82) is 0 Å². The molecule has 1 aromatic heterocycles. The summed E-state index contributed by atoms with van der Waals surface area (Å²) in [5.41, 5.74) is 0. The van der Waals surface area contributed by atoms with Crippen molar-refractivity contribution in [3.8, 4) is 0 Å². The molecule has 0 bridgehead atoms. The van der Waals surface area contributed by atoms with E-state index in [-0.39, 0.29) is 4.75 Å². The van der Waals surface area contributed by atoms with E-state index in [1.807, 2.05) is 23.1 Å². The van der Waals surface area contributed by atoms with Crippen LogP contribution in [0, 0.1) is 5.92 Å². The van der Waals surface area contributed by atoms with Gasteiger partial charge in [0, 0.05) is 42.0 Å². The lowest BCUT2D eigenvalue weighted by atomic mass is 9.88. The predicted octanol–water partition coefficient (Wildman–Crippen LogP) is 3.60. The number of piperidine rings is 1. The van der Waals surface area contributed by atoms with Crippen molar-refractivity contribution < 1.29 is 4.74 Å². The summed E-state index contributed by atoms with van der Waals surface area (Å²) in [4.78, 5) is 8.99. The molecule has 2 fully saturated rings. The minimum absolute atomic E-state index is 0.227.